The molecule has 3 heteroatoms. The minimum atomic E-state index is -0.903. The zero-order valence-corrected chi connectivity index (χ0v) is 12.6. The van der Waals surface area contributed by atoms with Gasteiger partial charge in [-0.25, -0.2) is 8.78 Å². The van der Waals surface area contributed by atoms with Crippen molar-refractivity contribution >= 4 is 5.78 Å². The van der Waals surface area contributed by atoms with Crippen LogP contribution >= 0.6 is 0 Å². The molecule has 0 N–H and O–H groups in total. The first kappa shape index (κ1) is 14.9. The Kier molecular flexibility index (Phi) is 3.59. The van der Waals surface area contributed by atoms with Gasteiger partial charge in [-0.1, -0.05) is 50.2 Å². The third-order valence-corrected chi connectivity index (χ3v) is 4.70. The molecule has 1 nitrogen and oxygen atoms in total. The lowest BCUT2D eigenvalue weighted by atomic mass is 10.0. The van der Waals surface area contributed by atoms with Gasteiger partial charge in [0.2, 0.25) is 0 Å². The van der Waals surface area contributed by atoms with Crippen molar-refractivity contribution < 1.29 is 13.6 Å². The Morgan fingerprint density at radius 2 is 1.73 bits per heavy atom. The van der Waals surface area contributed by atoms with Crippen molar-refractivity contribution in [2.24, 2.45) is 11.3 Å². The van der Waals surface area contributed by atoms with Crippen molar-refractivity contribution in [3.63, 3.8) is 0 Å². The lowest BCUT2D eigenvalue weighted by Crippen LogP contribution is -2.09. The van der Waals surface area contributed by atoms with Crippen molar-refractivity contribution in [1.82, 2.24) is 0 Å². The van der Waals surface area contributed by atoms with E-state index in [2.05, 4.69) is 13.8 Å². The molecular formula is C19H18F2O. The lowest BCUT2D eigenvalue weighted by Gasteiger charge is -2.03. The van der Waals surface area contributed by atoms with E-state index in [-0.39, 0.29) is 29.5 Å². The molecule has 114 valence electrons. The summed E-state index contributed by atoms with van der Waals surface area (Å²) in [4.78, 5) is 12.6. The predicted molar refractivity (Wildman–Crippen MR) is 81.5 cm³/mol. The Hall–Kier alpha value is -2.03. The minimum Gasteiger partial charge on any atom is -0.299 e. The van der Waals surface area contributed by atoms with Gasteiger partial charge >= 0.3 is 0 Å². The molecule has 0 spiro atoms. The fourth-order valence-corrected chi connectivity index (χ4v) is 3.48. The zero-order valence-electron chi connectivity index (χ0n) is 12.6. The van der Waals surface area contributed by atoms with Crippen molar-refractivity contribution in [3.8, 4) is 0 Å². The molecule has 1 aliphatic carbocycles. The molecule has 0 radical (unpaired) electrons. The molecule has 0 bridgehead atoms. The minimum absolute atomic E-state index is 0.0667. The number of benzene rings is 2. The Morgan fingerprint density at radius 3 is 2.36 bits per heavy atom. The maximum atomic E-state index is 13.3. The third kappa shape index (κ3) is 2.56. The van der Waals surface area contributed by atoms with Crippen LogP contribution in [0.25, 0.3) is 0 Å². The van der Waals surface area contributed by atoms with Crippen molar-refractivity contribution in [1.29, 1.82) is 0 Å². The van der Waals surface area contributed by atoms with Gasteiger partial charge in [0.25, 0.3) is 0 Å². The van der Waals surface area contributed by atoms with Gasteiger partial charge in [0.05, 0.1) is 0 Å². The second-order valence-electron chi connectivity index (χ2n) is 6.58. The topological polar surface area (TPSA) is 17.1 Å². The number of carbonyl (C=O) groups is 1. The maximum absolute atomic E-state index is 13.3. The van der Waals surface area contributed by atoms with E-state index >= 15 is 0 Å². The molecule has 2 aromatic carbocycles. The van der Waals surface area contributed by atoms with Crippen LogP contribution in [0.2, 0.25) is 0 Å². The van der Waals surface area contributed by atoms with Crippen LogP contribution in [-0.4, -0.2) is 5.78 Å². The second kappa shape index (κ2) is 5.31. The molecule has 2 aromatic rings. The van der Waals surface area contributed by atoms with Crippen LogP contribution in [0.3, 0.4) is 0 Å². The fraction of sp³-hybridized carbons (Fsp3) is 0.316. The summed E-state index contributed by atoms with van der Waals surface area (Å²) in [7, 11) is 0. The summed E-state index contributed by atoms with van der Waals surface area (Å²) < 4.78 is 26.2. The highest BCUT2D eigenvalue weighted by Crippen LogP contribution is 2.64. The molecule has 0 unspecified atom stereocenters. The molecule has 0 aliphatic heterocycles. The van der Waals surface area contributed by atoms with Gasteiger partial charge in [0.1, 0.15) is 5.78 Å². The summed E-state index contributed by atoms with van der Waals surface area (Å²) in [5.74, 6) is -1.57. The first-order chi connectivity index (χ1) is 10.4. The van der Waals surface area contributed by atoms with Gasteiger partial charge < -0.3 is 0 Å². The molecule has 1 saturated carbocycles. The van der Waals surface area contributed by atoms with Crippen LogP contribution in [0.4, 0.5) is 8.78 Å². The van der Waals surface area contributed by atoms with Crippen LogP contribution in [0.15, 0.2) is 48.5 Å². The normalized spacial score (nSPS) is 22.4. The summed E-state index contributed by atoms with van der Waals surface area (Å²) in [6.45, 7) is 4.16. The van der Waals surface area contributed by atoms with E-state index in [9.17, 15) is 13.6 Å². The molecule has 0 amide bonds. The summed E-state index contributed by atoms with van der Waals surface area (Å²) in [5, 5.41) is 0. The quantitative estimate of drug-likeness (QED) is 0.811. The average molecular weight is 300 g/mol. The highest BCUT2D eigenvalue weighted by molar-refractivity contribution is 5.88. The molecule has 3 rings (SSSR count). The van der Waals surface area contributed by atoms with E-state index in [1.807, 2.05) is 30.3 Å². The lowest BCUT2D eigenvalue weighted by molar-refractivity contribution is -0.120. The first-order valence-corrected chi connectivity index (χ1v) is 7.43. The molecular weight excluding hydrogens is 282 g/mol. The number of Topliss-reactive ketones (excluding diaryl/α,β-unsaturated/α-hetero) is 1. The number of hydrogen-bond acceptors (Lipinski definition) is 1. The van der Waals surface area contributed by atoms with Crippen molar-refractivity contribution in [2.45, 2.75) is 26.2 Å². The first-order valence-electron chi connectivity index (χ1n) is 7.43. The van der Waals surface area contributed by atoms with E-state index in [0.29, 0.717) is 5.56 Å². The van der Waals surface area contributed by atoms with Crippen LogP contribution in [0.1, 0.15) is 30.9 Å². The Bertz CT molecular complexity index is 707. The van der Waals surface area contributed by atoms with Crippen LogP contribution in [-0.2, 0) is 11.2 Å². The summed E-state index contributed by atoms with van der Waals surface area (Å²) in [6.07, 6.45) is 0.147. The molecule has 1 aliphatic rings. The van der Waals surface area contributed by atoms with Gasteiger partial charge in [0, 0.05) is 12.3 Å². The average Bonchev–Trinajstić information content (AvgIpc) is 3.07. The second-order valence-corrected chi connectivity index (χ2v) is 6.58. The maximum Gasteiger partial charge on any atom is 0.159 e. The molecule has 0 aromatic heterocycles. The number of ketones is 1. The predicted octanol–water partition coefficient (Wildman–Crippen LogP) is 4.52. The van der Waals surface area contributed by atoms with E-state index < -0.39 is 11.6 Å². The molecule has 22 heavy (non-hydrogen) atoms. The Morgan fingerprint density at radius 1 is 1.05 bits per heavy atom. The van der Waals surface area contributed by atoms with Gasteiger partial charge in [-0.15, -0.1) is 0 Å². The van der Waals surface area contributed by atoms with Crippen LogP contribution < -0.4 is 0 Å². The highest BCUT2D eigenvalue weighted by Gasteiger charge is 2.61. The molecule has 2 atom stereocenters. The fourth-order valence-electron chi connectivity index (χ4n) is 3.48. The number of halogens is 2. The number of rotatable bonds is 4. The summed E-state index contributed by atoms with van der Waals surface area (Å²) in [6, 6.07) is 13.6. The largest absolute Gasteiger partial charge is 0.299 e. The Balaban J connectivity index is 1.77. The van der Waals surface area contributed by atoms with E-state index in [4.69, 9.17) is 0 Å². The Labute approximate surface area is 129 Å². The smallest absolute Gasteiger partial charge is 0.159 e. The number of carbonyl (C=O) groups excluding carboxylic acids is 1. The molecule has 0 heterocycles. The molecule has 0 saturated heterocycles. The van der Waals surface area contributed by atoms with Crippen LogP contribution in [0.5, 0.6) is 0 Å². The number of hydrogen-bond donors (Lipinski definition) is 0. The van der Waals surface area contributed by atoms with Gasteiger partial charge in [-0.3, -0.25) is 4.79 Å². The van der Waals surface area contributed by atoms with E-state index in [1.165, 1.54) is 6.07 Å². The zero-order chi connectivity index (χ0) is 15.9. The van der Waals surface area contributed by atoms with E-state index in [0.717, 1.165) is 17.7 Å². The van der Waals surface area contributed by atoms with Crippen molar-refractivity contribution in [3.05, 3.63) is 71.3 Å². The monoisotopic (exact) mass is 300 g/mol. The van der Waals surface area contributed by atoms with E-state index in [1.54, 1.807) is 0 Å². The summed E-state index contributed by atoms with van der Waals surface area (Å²) >= 11 is 0. The van der Waals surface area contributed by atoms with Gasteiger partial charge in [-0.05, 0) is 34.6 Å². The van der Waals surface area contributed by atoms with Gasteiger partial charge in [-0.2, -0.15) is 0 Å². The van der Waals surface area contributed by atoms with Crippen LogP contribution in [0, 0.1) is 23.0 Å². The standard InChI is InChI=1S/C19H18F2O/c1-19(2)17(13-6-4-3-5-7-13)18(19)16(22)11-12-8-9-14(20)15(21)10-12/h3-10,17-18H,11H2,1-2H3/t17-,18-/m1/s1. The SMILES string of the molecule is CC1(C)[C@H](C(=O)Cc2ccc(F)c(F)c2)[C@H]1c1ccccc1. The molecule has 1 fully saturated rings. The van der Waals surface area contributed by atoms with Gasteiger partial charge in [0.15, 0.2) is 11.6 Å². The van der Waals surface area contributed by atoms with Crippen molar-refractivity contribution in [2.75, 3.05) is 0 Å². The highest BCUT2D eigenvalue weighted by atomic mass is 19.2. The summed E-state index contributed by atoms with van der Waals surface area (Å²) in [5.41, 5.74) is 1.60. The third-order valence-electron chi connectivity index (χ3n) is 4.70.